The number of rotatable bonds is 3. The molecule has 1 rings (SSSR count). The fourth-order valence-electron chi connectivity index (χ4n) is 1.34. The lowest BCUT2D eigenvalue weighted by Crippen LogP contribution is -2.09. The van der Waals surface area contributed by atoms with E-state index in [0.29, 0.717) is 5.71 Å². The summed E-state index contributed by atoms with van der Waals surface area (Å²) in [6.07, 6.45) is 0.109. The fourth-order valence-corrected chi connectivity index (χ4v) is 1.34. The lowest BCUT2D eigenvalue weighted by molar-refractivity contribution is 0.241. The van der Waals surface area contributed by atoms with Gasteiger partial charge in [-0.2, -0.15) is 0 Å². The summed E-state index contributed by atoms with van der Waals surface area (Å²) >= 11 is 0. The van der Waals surface area contributed by atoms with Gasteiger partial charge in [-0.3, -0.25) is 0 Å². The number of benzene rings is 1. The van der Waals surface area contributed by atoms with Crippen LogP contribution in [0, 0.1) is 6.92 Å². The van der Waals surface area contributed by atoms with E-state index in [9.17, 15) is 0 Å². The number of hydrogen-bond acceptors (Lipinski definition) is 3. The second-order valence-electron chi connectivity index (χ2n) is 3.85. The quantitative estimate of drug-likeness (QED) is 0.470. The van der Waals surface area contributed by atoms with Gasteiger partial charge in [-0.15, -0.1) is 0 Å². The molecule has 0 atom stereocenters. The molecule has 0 radical (unpaired) electrons. The molecular formula is C12H17NO2. The summed E-state index contributed by atoms with van der Waals surface area (Å²) in [4.78, 5) is 0. The third-order valence-electron chi connectivity index (χ3n) is 2.04. The zero-order chi connectivity index (χ0) is 11.4. The van der Waals surface area contributed by atoms with Gasteiger partial charge in [0.2, 0.25) is 0 Å². The number of ether oxygens (including phenoxy) is 1. The smallest absolute Gasteiger partial charge is 0.128 e. The Kier molecular flexibility index (Phi) is 3.72. The molecule has 3 nitrogen and oxygen atoms in total. The lowest BCUT2D eigenvalue weighted by Gasteiger charge is -2.14. The summed E-state index contributed by atoms with van der Waals surface area (Å²) in [5.41, 5.74) is 2.52. The molecule has 0 aliphatic carbocycles. The second-order valence-corrected chi connectivity index (χ2v) is 3.85. The van der Waals surface area contributed by atoms with Crippen LogP contribution in [0.2, 0.25) is 0 Å². The van der Waals surface area contributed by atoms with E-state index in [1.165, 1.54) is 0 Å². The molecule has 0 bridgehead atoms. The normalized spacial score (nSPS) is 11.9. The molecule has 0 unspecified atom stereocenters. The van der Waals surface area contributed by atoms with Gasteiger partial charge in [-0.25, -0.2) is 0 Å². The first kappa shape index (κ1) is 11.6. The van der Waals surface area contributed by atoms with Crippen molar-refractivity contribution in [1.82, 2.24) is 0 Å². The van der Waals surface area contributed by atoms with Crippen LogP contribution in [-0.2, 0) is 0 Å². The largest absolute Gasteiger partial charge is 0.490 e. The Bertz CT molecular complexity index is 370. The van der Waals surface area contributed by atoms with Crippen LogP contribution < -0.4 is 4.74 Å². The van der Waals surface area contributed by atoms with E-state index in [-0.39, 0.29) is 6.10 Å². The van der Waals surface area contributed by atoms with Gasteiger partial charge < -0.3 is 9.94 Å². The number of nitrogens with zero attached hydrogens (tertiary/aromatic N) is 1. The predicted octanol–water partition coefficient (Wildman–Crippen LogP) is 2.98. The molecule has 1 N–H and O–H groups in total. The number of oxime groups is 1. The molecule has 1 aromatic rings. The van der Waals surface area contributed by atoms with Crippen molar-refractivity contribution in [2.75, 3.05) is 0 Å². The highest BCUT2D eigenvalue weighted by molar-refractivity contribution is 6.00. The Morgan fingerprint density at radius 1 is 1.40 bits per heavy atom. The first-order valence-corrected chi connectivity index (χ1v) is 5.01. The highest BCUT2D eigenvalue weighted by atomic mass is 16.5. The van der Waals surface area contributed by atoms with Crippen LogP contribution in [0.5, 0.6) is 5.75 Å². The van der Waals surface area contributed by atoms with Gasteiger partial charge in [0.1, 0.15) is 5.75 Å². The van der Waals surface area contributed by atoms with Gasteiger partial charge in [0, 0.05) is 5.56 Å². The molecule has 0 heterocycles. The third kappa shape index (κ3) is 2.98. The predicted molar refractivity (Wildman–Crippen MR) is 60.9 cm³/mol. The van der Waals surface area contributed by atoms with Gasteiger partial charge in [0.25, 0.3) is 0 Å². The zero-order valence-electron chi connectivity index (χ0n) is 9.61. The number of aryl methyl sites for hydroxylation is 1. The topological polar surface area (TPSA) is 41.8 Å². The minimum absolute atomic E-state index is 0.109. The maximum Gasteiger partial charge on any atom is 0.128 e. The molecule has 0 fully saturated rings. The van der Waals surface area contributed by atoms with E-state index < -0.39 is 0 Å². The van der Waals surface area contributed by atoms with Crippen molar-refractivity contribution in [3.63, 3.8) is 0 Å². The maximum atomic E-state index is 8.77. The summed E-state index contributed by atoms with van der Waals surface area (Å²) < 4.78 is 5.63. The average Bonchev–Trinajstić information content (AvgIpc) is 2.19. The van der Waals surface area contributed by atoms with Crippen LogP contribution in [0.25, 0.3) is 0 Å². The van der Waals surface area contributed by atoms with E-state index >= 15 is 0 Å². The summed E-state index contributed by atoms with van der Waals surface area (Å²) in [6, 6.07) is 5.83. The maximum absolute atomic E-state index is 8.77. The molecule has 82 valence electrons. The SMILES string of the molecule is C/C(=N\O)c1cc(C)ccc1OC(C)C. The first-order chi connectivity index (χ1) is 7.04. The van der Waals surface area contributed by atoms with Gasteiger partial charge in [0.15, 0.2) is 0 Å². The van der Waals surface area contributed by atoms with E-state index in [1.54, 1.807) is 6.92 Å². The standard InChI is InChI=1S/C12H17NO2/c1-8(2)15-12-6-5-9(3)7-11(12)10(4)13-14/h5-8,14H,1-4H3/b13-10+. The van der Waals surface area contributed by atoms with Crippen molar-refractivity contribution in [3.05, 3.63) is 29.3 Å². The van der Waals surface area contributed by atoms with Crippen LogP contribution in [0.1, 0.15) is 31.9 Å². The van der Waals surface area contributed by atoms with Crippen LogP contribution in [-0.4, -0.2) is 17.0 Å². The van der Waals surface area contributed by atoms with Crippen molar-refractivity contribution in [1.29, 1.82) is 0 Å². The average molecular weight is 207 g/mol. The molecule has 0 saturated carbocycles. The van der Waals surface area contributed by atoms with Crippen LogP contribution in [0.15, 0.2) is 23.4 Å². The molecule has 1 aromatic carbocycles. The third-order valence-corrected chi connectivity index (χ3v) is 2.04. The molecule has 15 heavy (non-hydrogen) atoms. The van der Waals surface area contributed by atoms with E-state index in [1.807, 2.05) is 39.0 Å². The molecule has 0 aliphatic rings. The Morgan fingerprint density at radius 2 is 2.07 bits per heavy atom. The second kappa shape index (κ2) is 4.82. The van der Waals surface area contributed by atoms with Gasteiger partial charge in [0.05, 0.1) is 11.8 Å². The molecule has 0 aliphatic heterocycles. The molecule has 0 saturated heterocycles. The minimum atomic E-state index is 0.109. The van der Waals surface area contributed by atoms with Crippen molar-refractivity contribution in [3.8, 4) is 5.75 Å². The number of hydrogen-bond donors (Lipinski definition) is 1. The Morgan fingerprint density at radius 3 is 2.60 bits per heavy atom. The molecule has 3 heteroatoms. The molecule has 0 aromatic heterocycles. The highest BCUT2D eigenvalue weighted by Gasteiger charge is 2.08. The molecular weight excluding hydrogens is 190 g/mol. The van der Waals surface area contributed by atoms with Crippen LogP contribution in [0.3, 0.4) is 0 Å². The van der Waals surface area contributed by atoms with Gasteiger partial charge >= 0.3 is 0 Å². The van der Waals surface area contributed by atoms with Gasteiger partial charge in [-0.05, 0) is 39.8 Å². The molecule has 0 spiro atoms. The van der Waals surface area contributed by atoms with Crippen molar-refractivity contribution in [2.24, 2.45) is 5.16 Å². The first-order valence-electron chi connectivity index (χ1n) is 5.01. The summed E-state index contributed by atoms with van der Waals surface area (Å²) in [5, 5.41) is 12.0. The van der Waals surface area contributed by atoms with E-state index in [2.05, 4.69) is 5.16 Å². The van der Waals surface area contributed by atoms with Crippen LogP contribution in [0.4, 0.5) is 0 Å². The van der Waals surface area contributed by atoms with Crippen molar-refractivity contribution >= 4 is 5.71 Å². The highest BCUT2D eigenvalue weighted by Crippen LogP contribution is 2.22. The van der Waals surface area contributed by atoms with Crippen LogP contribution >= 0.6 is 0 Å². The Labute approximate surface area is 90.4 Å². The van der Waals surface area contributed by atoms with E-state index in [4.69, 9.17) is 9.94 Å². The minimum Gasteiger partial charge on any atom is -0.490 e. The fraction of sp³-hybridized carbons (Fsp3) is 0.417. The Balaban J connectivity index is 3.14. The lowest BCUT2D eigenvalue weighted by atomic mass is 10.1. The zero-order valence-corrected chi connectivity index (χ0v) is 9.61. The Hall–Kier alpha value is -1.51. The van der Waals surface area contributed by atoms with Gasteiger partial charge in [-0.1, -0.05) is 16.8 Å². The van der Waals surface area contributed by atoms with Crippen molar-refractivity contribution < 1.29 is 9.94 Å². The van der Waals surface area contributed by atoms with E-state index in [0.717, 1.165) is 16.9 Å². The van der Waals surface area contributed by atoms with Crippen molar-refractivity contribution in [2.45, 2.75) is 33.8 Å². The molecule has 0 amide bonds. The summed E-state index contributed by atoms with van der Waals surface area (Å²) in [7, 11) is 0. The summed E-state index contributed by atoms with van der Waals surface area (Å²) in [6.45, 7) is 7.68. The monoisotopic (exact) mass is 207 g/mol. The summed E-state index contributed by atoms with van der Waals surface area (Å²) in [5.74, 6) is 0.755.